The standard InChI is InChI=1S/C33H34N8O2S/c34-30(42)29(13-7-18-39-33(35)36)41-28-15-14-23(32(43)38-19-16-24-9-4-5-17-37-24)21-27(28)40-31(41)22-8-6-12-26(20-22)44-25-10-2-1-3-11-25/h1-6,8-12,14-15,17,20-21,29H,7,13,16,18-19H2,(H2,34,42)(H,38,43)(H4,35,36,39). The molecule has 224 valence electrons. The molecule has 0 spiro atoms. The molecule has 44 heavy (non-hydrogen) atoms. The number of nitrogens with two attached hydrogens (primary N) is 2. The van der Waals surface area contributed by atoms with E-state index in [1.807, 2.05) is 83.4 Å². The van der Waals surface area contributed by atoms with Gasteiger partial charge < -0.3 is 26.7 Å². The Bertz CT molecular complexity index is 1760. The summed E-state index contributed by atoms with van der Waals surface area (Å²) in [5.74, 6) is -0.277. The van der Waals surface area contributed by atoms with Gasteiger partial charge >= 0.3 is 0 Å². The van der Waals surface area contributed by atoms with E-state index < -0.39 is 11.9 Å². The van der Waals surface area contributed by atoms with Crippen LogP contribution in [0.15, 0.2) is 107 Å². The van der Waals surface area contributed by atoms with Gasteiger partial charge in [-0.25, -0.2) is 4.98 Å². The third kappa shape index (κ3) is 7.61. The highest BCUT2D eigenvalue weighted by molar-refractivity contribution is 7.99. The lowest BCUT2D eigenvalue weighted by molar-refractivity contribution is -0.121. The summed E-state index contributed by atoms with van der Waals surface area (Å²) in [5.41, 5.74) is 14.8. The highest BCUT2D eigenvalue weighted by atomic mass is 32.2. The SMILES string of the molecule is N=C(N)NCCCC(C(N)=O)n1c(-c2cccc(Sc3ccccc3)c2)nc2cc(C(=O)NCCc3ccccn3)ccc21. The molecule has 10 nitrogen and oxygen atoms in total. The van der Waals surface area contributed by atoms with Gasteiger partial charge in [-0.3, -0.25) is 20.0 Å². The quantitative estimate of drug-likeness (QED) is 0.0747. The van der Waals surface area contributed by atoms with E-state index in [1.54, 1.807) is 30.1 Å². The number of nitrogens with zero attached hydrogens (tertiary/aromatic N) is 3. The van der Waals surface area contributed by atoms with Crippen LogP contribution < -0.4 is 22.1 Å². The second-order valence-electron chi connectivity index (χ2n) is 10.2. The molecule has 0 fully saturated rings. The molecule has 1 atom stereocenters. The molecule has 5 rings (SSSR count). The minimum absolute atomic E-state index is 0.132. The highest BCUT2D eigenvalue weighted by Gasteiger charge is 2.25. The monoisotopic (exact) mass is 606 g/mol. The first kappa shape index (κ1) is 30.3. The number of primary amides is 1. The molecule has 11 heteroatoms. The molecule has 1 unspecified atom stereocenters. The Balaban J connectivity index is 1.48. The van der Waals surface area contributed by atoms with Gasteiger partial charge in [0.25, 0.3) is 5.91 Å². The van der Waals surface area contributed by atoms with Crippen molar-refractivity contribution in [1.82, 2.24) is 25.2 Å². The van der Waals surface area contributed by atoms with Gasteiger partial charge in [-0.2, -0.15) is 0 Å². The summed E-state index contributed by atoms with van der Waals surface area (Å²) < 4.78 is 1.86. The molecular weight excluding hydrogens is 572 g/mol. The fourth-order valence-electron chi connectivity index (χ4n) is 4.95. The normalized spacial score (nSPS) is 11.6. The zero-order valence-electron chi connectivity index (χ0n) is 24.1. The van der Waals surface area contributed by atoms with E-state index in [-0.39, 0.29) is 11.9 Å². The van der Waals surface area contributed by atoms with Gasteiger partial charge in [0, 0.05) is 52.3 Å². The zero-order valence-corrected chi connectivity index (χ0v) is 24.9. The number of nitrogens with one attached hydrogen (secondary N) is 3. The Hall–Kier alpha value is -5.16. The largest absolute Gasteiger partial charge is 0.370 e. The fourth-order valence-corrected chi connectivity index (χ4v) is 5.85. The molecule has 0 saturated carbocycles. The Morgan fingerprint density at radius 3 is 2.43 bits per heavy atom. The van der Waals surface area contributed by atoms with Crippen molar-refractivity contribution in [3.63, 3.8) is 0 Å². The third-order valence-electron chi connectivity index (χ3n) is 7.03. The van der Waals surface area contributed by atoms with Crippen LogP contribution in [0.4, 0.5) is 0 Å². The maximum atomic E-state index is 13.1. The van der Waals surface area contributed by atoms with Crippen LogP contribution in [0.25, 0.3) is 22.4 Å². The maximum absolute atomic E-state index is 13.1. The Labute approximate surface area is 259 Å². The number of benzene rings is 3. The number of pyridine rings is 1. The first-order valence-electron chi connectivity index (χ1n) is 14.3. The lowest BCUT2D eigenvalue weighted by Gasteiger charge is -2.19. The maximum Gasteiger partial charge on any atom is 0.251 e. The lowest BCUT2D eigenvalue weighted by Crippen LogP contribution is -2.32. The van der Waals surface area contributed by atoms with Crippen LogP contribution in [-0.2, 0) is 11.2 Å². The van der Waals surface area contributed by atoms with Crippen LogP contribution in [0.2, 0.25) is 0 Å². The minimum atomic E-state index is -0.716. The molecule has 0 radical (unpaired) electrons. The molecule has 0 bridgehead atoms. The van der Waals surface area contributed by atoms with Crippen LogP contribution in [-0.4, -0.2) is 45.4 Å². The summed E-state index contributed by atoms with van der Waals surface area (Å²) in [6.07, 6.45) is 3.30. The highest BCUT2D eigenvalue weighted by Crippen LogP contribution is 2.34. The van der Waals surface area contributed by atoms with Gasteiger partial charge in [0.2, 0.25) is 5.91 Å². The van der Waals surface area contributed by atoms with Crippen molar-refractivity contribution in [2.75, 3.05) is 13.1 Å². The molecule has 0 aliphatic heterocycles. The van der Waals surface area contributed by atoms with Crippen molar-refractivity contribution in [3.8, 4) is 11.4 Å². The van der Waals surface area contributed by atoms with E-state index in [9.17, 15) is 9.59 Å². The number of fused-ring (bicyclic) bond motifs is 1. The molecule has 2 amide bonds. The number of amides is 2. The van der Waals surface area contributed by atoms with Gasteiger partial charge in [0.1, 0.15) is 11.9 Å². The Morgan fingerprint density at radius 1 is 0.886 bits per heavy atom. The molecule has 0 aliphatic carbocycles. The van der Waals surface area contributed by atoms with E-state index in [1.165, 1.54) is 0 Å². The summed E-state index contributed by atoms with van der Waals surface area (Å²) in [4.78, 5) is 37.3. The average molecular weight is 607 g/mol. The summed E-state index contributed by atoms with van der Waals surface area (Å²) in [5, 5.41) is 13.2. The summed E-state index contributed by atoms with van der Waals surface area (Å²) >= 11 is 1.63. The van der Waals surface area contributed by atoms with Crippen molar-refractivity contribution in [2.45, 2.75) is 35.1 Å². The van der Waals surface area contributed by atoms with Crippen LogP contribution in [0.3, 0.4) is 0 Å². The van der Waals surface area contributed by atoms with Crippen molar-refractivity contribution in [1.29, 1.82) is 5.41 Å². The summed E-state index contributed by atoms with van der Waals surface area (Å²) in [6, 6.07) is 28.3. The van der Waals surface area contributed by atoms with E-state index in [0.717, 1.165) is 21.0 Å². The van der Waals surface area contributed by atoms with Crippen molar-refractivity contribution >= 4 is 40.6 Å². The first-order valence-corrected chi connectivity index (χ1v) is 15.1. The number of imidazole rings is 1. The topological polar surface area (TPSA) is 165 Å². The van der Waals surface area contributed by atoms with Crippen molar-refractivity contribution in [3.05, 3.63) is 108 Å². The number of carbonyl (C=O) groups excluding carboxylic acids is 2. The van der Waals surface area contributed by atoms with E-state index in [2.05, 4.69) is 15.6 Å². The van der Waals surface area contributed by atoms with Crippen molar-refractivity contribution < 1.29 is 9.59 Å². The third-order valence-corrected chi connectivity index (χ3v) is 8.02. The zero-order chi connectivity index (χ0) is 30.9. The predicted molar refractivity (Wildman–Crippen MR) is 173 cm³/mol. The van der Waals surface area contributed by atoms with Crippen LogP contribution in [0.5, 0.6) is 0 Å². The molecule has 3 aromatic carbocycles. The van der Waals surface area contributed by atoms with E-state index >= 15 is 0 Å². The number of aromatic nitrogens is 3. The average Bonchev–Trinajstić information content (AvgIpc) is 3.40. The minimum Gasteiger partial charge on any atom is -0.370 e. The predicted octanol–water partition coefficient (Wildman–Crippen LogP) is 4.51. The Morgan fingerprint density at radius 2 is 1.68 bits per heavy atom. The van der Waals surface area contributed by atoms with Gasteiger partial charge in [0.05, 0.1) is 11.0 Å². The van der Waals surface area contributed by atoms with Crippen molar-refractivity contribution in [2.24, 2.45) is 11.5 Å². The Kier molecular flexibility index (Phi) is 9.88. The second kappa shape index (κ2) is 14.3. The molecule has 0 saturated heterocycles. The van der Waals surface area contributed by atoms with Gasteiger partial charge in [0.15, 0.2) is 5.96 Å². The molecule has 5 aromatic rings. The fraction of sp³-hybridized carbons (Fsp3) is 0.182. The molecule has 7 N–H and O–H groups in total. The van der Waals surface area contributed by atoms with Gasteiger partial charge in [-0.1, -0.05) is 48.2 Å². The number of rotatable bonds is 13. The van der Waals surface area contributed by atoms with Gasteiger partial charge in [-0.15, -0.1) is 0 Å². The number of carbonyl (C=O) groups is 2. The number of guanidine groups is 1. The molecule has 2 aromatic heterocycles. The molecule has 0 aliphatic rings. The lowest BCUT2D eigenvalue weighted by atomic mass is 10.1. The molecule has 2 heterocycles. The number of hydrogen-bond donors (Lipinski definition) is 5. The smallest absolute Gasteiger partial charge is 0.251 e. The first-order chi connectivity index (χ1) is 21.4. The van der Waals surface area contributed by atoms with Crippen LogP contribution in [0.1, 0.15) is 34.9 Å². The van der Waals surface area contributed by atoms with Gasteiger partial charge in [-0.05, 0) is 67.4 Å². The molecular formula is C33H34N8O2S. The number of hydrogen-bond acceptors (Lipinski definition) is 6. The van der Waals surface area contributed by atoms with Crippen LogP contribution in [0, 0.1) is 5.41 Å². The summed E-state index contributed by atoms with van der Waals surface area (Å²) in [6.45, 7) is 0.866. The van der Waals surface area contributed by atoms with E-state index in [0.29, 0.717) is 54.8 Å². The van der Waals surface area contributed by atoms with Crippen LogP contribution >= 0.6 is 11.8 Å². The van der Waals surface area contributed by atoms with E-state index in [4.69, 9.17) is 21.9 Å². The summed E-state index contributed by atoms with van der Waals surface area (Å²) in [7, 11) is 0. The second-order valence-corrected chi connectivity index (χ2v) is 11.3.